The number of piperidine rings is 1. The number of carbonyl (C=O) groups is 2. The fraction of sp³-hybridized carbons (Fsp3) is 0.414. The van der Waals surface area contributed by atoms with Crippen molar-refractivity contribution in [1.82, 2.24) is 4.98 Å². The number of hydrogen-bond acceptors (Lipinski definition) is 4. The van der Waals surface area contributed by atoms with E-state index >= 15 is 0 Å². The summed E-state index contributed by atoms with van der Waals surface area (Å²) in [4.78, 5) is 35.0. The molecule has 180 valence electrons. The average Bonchev–Trinajstić information content (AvgIpc) is 3.80. The Bertz CT molecular complexity index is 1190. The van der Waals surface area contributed by atoms with E-state index in [1.54, 1.807) is 4.90 Å². The summed E-state index contributed by atoms with van der Waals surface area (Å²) in [6, 6.07) is 13.7. The van der Waals surface area contributed by atoms with Crippen LogP contribution in [0.15, 0.2) is 72.6 Å². The Hall–Kier alpha value is -3.41. The number of aliphatic carboxylic acids is 1. The lowest BCUT2D eigenvalue weighted by Crippen LogP contribution is -2.48. The lowest BCUT2D eigenvalue weighted by molar-refractivity contribution is -0.152. The first-order valence-electron chi connectivity index (χ1n) is 12.8. The quantitative estimate of drug-likeness (QED) is 0.608. The maximum absolute atomic E-state index is 13.8. The third-order valence-electron chi connectivity index (χ3n) is 8.11. The number of fused-ring (bicyclic) bond motifs is 1. The van der Waals surface area contributed by atoms with Gasteiger partial charge < -0.3 is 10.0 Å². The first-order valence-corrected chi connectivity index (χ1v) is 12.8. The molecule has 1 aliphatic heterocycles. The van der Waals surface area contributed by atoms with Gasteiger partial charge in [0, 0.05) is 37.1 Å². The number of rotatable bonds is 7. The molecule has 1 saturated heterocycles. The molecule has 0 spiro atoms. The van der Waals surface area contributed by atoms with Crippen molar-refractivity contribution in [2.45, 2.75) is 44.4 Å². The zero-order valence-corrected chi connectivity index (χ0v) is 19.8. The summed E-state index contributed by atoms with van der Waals surface area (Å²) in [6.07, 6.45) is 12.6. The number of anilines is 2. The SMILES string of the molecule is O=C(CC1(C(=O)O)CCN(c2ncccc2C2CC2)CC1)N(C1=CC2CC2C=C1)c1ccccc1. The lowest BCUT2D eigenvalue weighted by Gasteiger charge is -2.40. The van der Waals surface area contributed by atoms with Crippen LogP contribution in [0.25, 0.3) is 0 Å². The highest BCUT2D eigenvalue weighted by molar-refractivity contribution is 5.99. The number of carboxylic acids is 1. The predicted octanol–water partition coefficient (Wildman–Crippen LogP) is 5.14. The third kappa shape index (κ3) is 4.26. The average molecular weight is 470 g/mol. The fourth-order valence-corrected chi connectivity index (χ4v) is 5.68. The normalized spacial score (nSPS) is 24.3. The number of carbonyl (C=O) groups excluding carboxylic acids is 1. The molecule has 2 saturated carbocycles. The summed E-state index contributed by atoms with van der Waals surface area (Å²) in [5.74, 6) is 1.62. The molecule has 1 aromatic carbocycles. The number of para-hydroxylation sites is 1. The number of allylic oxidation sites excluding steroid dienone is 3. The molecule has 1 aromatic heterocycles. The molecule has 0 bridgehead atoms. The number of hydrogen-bond donors (Lipinski definition) is 1. The molecular weight excluding hydrogens is 438 g/mol. The molecule has 6 nitrogen and oxygen atoms in total. The van der Waals surface area contributed by atoms with Crippen molar-refractivity contribution >= 4 is 23.4 Å². The van der Waals surface area contributed by atoms with Crippen LogP contribution in [-0.4, -0.2) is 35.1 Å². The van der Waals surface area contributed by atoms with Crippen molar-refractivity contribution in [3.8, 4) is 0 Å². The molecule has 6 rings (SSSR count). The fourth-order valence-electron chi connectivity index (χ4n) is 5.68. The van der Waals surface area contributed by atoms with E-state index in [-0.39, 0.29) is 12.3 Å². The van der Waals surface area contributed by atoms with Crippen molar-refractivity contribution in [2.75, 3.05) is 22.9 Å². The lowest BCUT2D eigenvalue weighted by atomic mass is 9.75. The summed E-state index contributed by atoms with van der Waals surface area (Å²) in [5.41, 5.74) is 1.85. The molecule has 1 N–H and O–H groups in total. The Morgan fingerprint density at radius 3 is 2.51 bits per heavy atom. The van der Waals surface area contributed by atoms with Crippen molar-refractivity contribution < 1.29 is 14.7 Å². The highest BCUT2D eigenvalue weighted by Gasteiger charge is 2.46. The van der Waals surface area contributed by atoms with Gasteiger partial charge in [-0.25, -0.2) is 4.98 Å². The molecule has 6 heteroatoms. The van der Waals surface area contributed by atoms with E-state index in [1.807, 2.05) is 48.7 Å². The summed E-state index contributed by atoms with van der Waals surface area (Å²) >= 11 is 0. The molecule has 2 atom stereocenters. The largest absolute Gasteiger partial charge is 0.481 e. The Morgan fingerprint density at radius 1 is 1.06 bits per heavy atom. The maximum Gasteiger partial charge on any atom is 0.310 e. The molecule has 4 aliphatic rings. The van der Waals surface area contributed by atoms with Gasteiger partial charge in [-0.1, -0.05) is 36.4 Å². The number of aromatic nitrogens is 1. The van der Waals surface area contributed by atoms with Crippen LogP contribution in [0, 0.1) is 17.3 Å². The molecule has 35 heavy (non-hydrogen) atoms. The Morgan fingerprint density at radius 2 is 1.83 bits per heavy atom. The van der Waals surface area contributed by atoms with E-state index in [4.69, 9.17) is 0 Å². The van der Waals surface area contributed by atoms with Crippen molar-refractivity contribution in [2.24, 2.45) is 17.3 Å². The molecule has 3 aliphatic carbocycles. The number of carboxylic acid groups (broad SMARTS) is 1. The van der Waals surface area contributed by atoms with Crippen LogP contribution in [0.3, 0.4) is 0 Å². The van der Waals surface area contributed by atoms with E-state index in [0.29, 0.717) is 43.7 Å². The van der Waals surface area contributed by atoms with Gasteiger partial charge in [-0.2, -0.15) is 0 Å². The van der Waals surface area contributed by atoms with E-state index in [2.05, 4.69) is 28.1 Å². The predicted molar refractivity (Wildman–Crippen MR) is 135 cm³/mol. The van der Waals surface area contributed by atoms with Crippen LogP contribution in [0.2, 0.25) is 0 Å². The number of amides is 1. The van der Waals surface area contributed by atoms with Crippen LogP contribution in [0.5, 0.6) is 0 Å². The van der Waals surface area contributed by atoms with Crippen LogP contribution in [0.4, 0.5) is 11.5 Å². The Labute approximate surface area is 206 Å². The minimum absolute atomic E-state index is 0.0119. The van der Waals surface area contributed by atoms with Crippen LogP contribution in [0.1, 0.15) is 50.0 Å². The zero-order chi connectivity index (χ0) is 24.0. The minimum Gasteiger partial charge on any atom is -0.481 e. The Kier molecular flexibility index (Phi) is 5.47. The van der Waals surface area contributed by atoms with E-state index in [0.717, 1.165) is 23.6 Å². The highest BCUT2D eigenvalue weighted by atomic mass is 16.4. The second-order valence-corrected chi connectivity index (χ2v) is 10.5. The van der Waals surface area contributed by atoms with Crippen LogP contribution in [-0.2, 0) is 9.59 Å². The molecule has 3 fully saturated rings. The van der Waals surface area contributed by atoms with E-state index in [9.17, 15) is 14.7 Å². The molecule has 2 heterocycles. The first-order chi connectivity index (χ1) is 17.0. The van der Waals surface area contributed by atoms with Gasteiger partial charge in [0.15, 0.2) is 0 Å². The number of benzene rings is 1. The van der Waals surface area contributed by atoms with Gasteiger partial charge in [0.2, 0.25) is 5.91 Å². The van der Waals surface area contributed by atoms with Gasteiger partial charge in [-0.05, 0) is 79.7 Å². The number of pyridine rings is 1. The second-order valence-electron chi connectivity index (χ2n) is 10.5. The van der Waals surface area contributed by atoms with Crippen LogP contribution < -0.4 is 9.80 Å². The Balaban J connectivity index is 1.23. The standard InChI is InChI=1S/C29H31N3O3/c33-26(32(23-5-2-1-3-6-23)24-11-10-21-17-22(21)18-24)19-29(28(34)35)12-15-31(16-13-29)27-25(20-8-9-20)7-4-14-30-27/h1-7,10-11,14,18,20-22H,8-9,12-13,15-17,19H2,(H,34,35). The molecule has 2 unspecified atom stereocenters. The van der Waals surface area contributed by atoms with E-state index in [1.165, 1.54) is 18.4 Å². The smallest absolute Gasteiger partial charge is 0.310 e. The number of nitrogens with zero attached hydrogens (tertiary/aromatic N) is 3. The third-order valence-corrected chi connectivity index (χ3v) is 8.11. The van der Waals surface area contributed by atoms with Gasteiger partial charge in [0.05, 0.1) is 5.41 Å². The topological polar surface area (TPSA) is 73.7 Å². The van der Waals surface area contributed by atoms with Gasteiger partial charge in [0.25, 0.3) is 0 Å². The van der Waals surface area contributed by atoms with Crippen molar-refractivity contribution in [3.05, 3.63) is 78.1 Å². The maximum atomic E-state index is 13.8. The molecule has 2 aromatic rings. The summed E-state index contributed by atoms with van der Waals surface area (Å²) in [7, 11) is 0. The summed E-state index contributed by atoms with van der Waals surface area (Å²) in [6.45, 7) is 1.18. The van der Waals surface area contributed by atoms with Gasteiger partial charge in [0.1, 0.15) is 5.82 Å². The molecular formula is C29H31N3O3. The van der Waals surface area contributed by atoms with Gasteiger partial charge in [-0.15, -0.1) is 0 Å². The summed E-state index contributed by atoms with van der Waals surface area (Å²) in [5, 5.41) is 10.3. The monoisotopic (exact) mass is 469 g/mol. The molecule has 0 radical (unpaired) electrons. The van der Waals surface area contributed by atoms with E-state index < -0.39 is 11.4 Å². The van der Waals surface area contributed by atoms with Gasteiger partial charge in [-0.3, -0.25) is 14.5 Å². The van der Waals surface area contributed by atoms with Crippen LogP contribution >= 0.6 is 0 Å². The highest BCUT2D eigenvalue weighted by Crippen LogP contribution is 2.47. The molecule has 1 amide bonds. The first kappa shape index (κ1) is 22.1. The second kappa shape index (κ2) is 8.67. The zero-order valence-electron chi connectivity index (χ0n) is 19.8. The minimum atomic E-state index is -1.07. The van der Waals surface area contributed by atoms with Crippen molar-refractivity contribution in [1.29, 1.82) is 0 Å². The van der Waals surface area contributed by atoms with Gasteiger partial charge >= 0.3 is 5.97 Å². The summed E-state index contributed by atoms with van der Waals surface area (Å²) < 4.78 is 0. The van der Waals surface area contributed by atoms with Crippen molar-refractivity contribution in [3.63, 3.8) is 0 Å².